The maximum absolute atomic E-state index is 14.4. The first kappa shape index (κ1) is 35.6. The van der Waals surface area contributed by atoms with Crippen LogP contribution in [0.4, 0.5) is 11.4 Å². The molecule has 3 aromatic rings. The highest BCUT2D eigenvalue weighted by Crippen LogP contribution is 2.51. The van der Waals surface area contributed by atoms with Gasteiger partial charge < -0.3 is 20.5 Å². The monoisotopic (exact) mass is 677 g/mol. The van der Waals surface area contributed by atoms with Crippen molar-refractivity contribution in [1.82, 2.24) is 10.6 Å². The van der Waals surface area contributed by atoms with Crippen molar-refractivity contribution in [3.63, 3.8) is 0 Å². The summed E-state index contributed by atoms with van der Waals surface area (Å²) >= 11 is 2.39. The normalized spacial score (nSPS) is 16.5. The summed E-state index contributed by atoms with van der Waals surface area (Å²) < 4.78 is 6.00. The fourth-order valence-electron chi connectivity index (χ4n) is 5.35. The summed E-state index contributed by atoms with van der Waals surface area (Å²) in [6.07, 6.45) is 3.96. The van der Waals surface area contributed by atoms with E-state index in [-0.39, 0.29) is 24.0 Å². The molecule has 3 amide bonds. The summed E-state index contributed by atoms with van der Waals surface area (Å²) in [7, 11) is 0. The fourth-order valence-corrected chi connectivity index (χ4v) is 7.05. The fraction of sp³-hybridized carbons (Fsp3) is 0.343. The van der Waals surface area contributed by atoms with E-state index in [4.69, 9.17) is 9.84 Å². The first-order valence-corrected chi connectivity index (χ1v) is 17.5. The van der Waals surface area contributed by atoms with Gasteiger partial charge in [-0.15, -0.1) is 11.8 Å². The molecule has 0 spiro atoms. The predicted molar refractivity (Wildman–Crippen MR) is 183 cm³/mol. The molecule has 12 heteroatoms. The predicted octanol–water partition coefficient (Wildman–Crippen LogP) is 6.12. The van der Waals surface area contributed by atoms with Gasteiger partial charge in [0.05, 0.1) is 17.0 Å². The van der Waals surface area contributed by atoms with E-state index in [9.17, 15) is 24.0 Å². The molecular formula is C35H39N3O7S2. The highest BCUT2D eigenvalue weighted by atomic mass is 32.2. The summed E-state index contributed by atoms with van der Waals surface area (Å²) in [5, 5.41) is 13.9. The molecule has 3 N–H and O–H groups in total. The zero-order valence-corrected chi connectivity index (χ0v) is 28.2. The number of aliphatic carboxylic acids is 1. The molecule has 248 valence electrons. The Balaban J connectivity index is 1.63. The van der Waals surface area contributed by atoms with Gasteiger partial charge in [0.2, 0.25) is 16.9 Å². The van der Waals surface area contributed by atoms with Crippen LogP contribution in [0.5, 0.6) is 5.75 Å². The molecule has 0 bridgehead atoms. The number of ether oxygens (including phenoxy) is 1. The first-order valence-electron chi connectivity index (χ1n) is 15.5. The van der Waals surface area contributed by atoms with Crippen LogP contribution in [0.1, 0.15) is 57.6 Å². The standard InChI is InChI=1S/C35H39N3O7S2/c1-4-6-18-35(5-2)33(43)38(24-15-11-8-12-16-24)25-20-28(46-3)26(21-27(25)47-34(35)44)45-22-29(39)37-31(23-13-9-7-10-14-23)32(42)36-19-17-30(40)41/h7-16,20-21,31H,4-6,17-19,22H2,1-3H3,(H,36,42)(H,37,39)(H,40,41)/t31-,35?/m1/s1. The third kappa shape index (κ3) is 8.36. The van der Waals surface area contributed by atoms with E-state index in [1.54, 1.807) is 41.3 Å². The lowest BCUT2D eigenvalue weighted by Gasteiger charge is -2.33. The lowest BCUT2D eigenvalue weighted by molar-refractivity contribution is -0.138. The van der Waals surface area contributed by atoms with Crippen LogP contribution in [0.15, 0.2) is 82.6 Å². The van der Waals surface area contributed by atoms with Crippen LogP contribution in [-0.4, -0.2) is 53.3 Å². The number of carboxylic acids is 1. The molecule has 1 aliphatic rings. The lowest BCUT2D eigenvalue weighted by atomic mass is 9.79. The van der Waals surface area contributed by atoms with Crippen LogP contribution in [0.3, 0.4) is 0 Å². The first-order chi connectivity index (χ1) is 22.6. The van der Waals surface area contributed by atoms with Crippen LogP contribution >= 0.6 is 23.5 Å². The second kappa shape index (κ2) is 16.5. The Kier molecular flexibility index (Phi) is 12.5. The minimum Gasteiger partial charge on any atom is -0.483 e. The third-order valence-electron chi connectivity index (χ3n) is 7.96. The Labute approximate surface area is 283 Å². The molecule has 0 aliphatic carbocycles. The van der Waals surface area contributed by atoms with Crippen molar-refractivity contribution in [2.45, 2.75) is 61.8 Å². The quantitative estimate of drug-likeness (QED) is 0.128. The molecule has 1 unspecified atom stereocenters. The van der Waals surface area contributed by atoms with Gasteiger partial charge in [-0.3, -0.25) is 28.9 Å². The Morgan fingerprint density at radius 1 is 1.02 bits per heavy atom. The largest absolute Gasteiger partial charge is 0.483 e. The summed E-state index contributed by atoms with van der Waals surface area (Å²) in [5.74, 6) is -2.09. The summed E-state index contributed by atoms with van der Waals surface area (Å²) in [5.41, 5.74) is 0.534. The third-order valence-corrected chi connectivity index (χ3v) is 9.85. The number of hydrogen-bond acceptors (Lipinski definition) is 8. The average molecular weight is 678 g/mol. The maximum Gasteiger partial charge on any atom is 0.305 e. The minimum atomic E-state index is -1.20. The van der Waals surface area contributed by atoms with Crippen molar-refractivity contribution < 1.29 is 33.8 Å². The Bertz CT molecular complexity index is 1600. The number of amides is 3. The second-order valence-corrected chi connectivity index (χ2v) is 12.9. The summed E-state index contributed by atoms with van der Waals surface area (Å²) in [6, 6.07) is 20.3. The van der Waals surface area contributed by atoms with Crippen molar-refractivity contribution in [3.8, 4) is 5.75 Å². The van der Waals surface area contributed by atoms with Crippen molar-refractivity contribution in [3.05, 3.63) is 78.4 Å². The molecule has 47 heavy (non-hydrogen) atoms. The van der Waals surface area contributed by atoms with Gasteiger partial charge in [0, 0.05) is 17.1 Å². The smallest absolute Gasteiger partial charge is 0.305 e. The van der Waals surface area contributed by atoms with Gasteiger partial charge in [0.25, 0.3) is 5.91 Å². The lowest BCUT2D eigenvalue weighted by Crippen LogP contribution is -2.44. The van der Waals surface area contributed by atoms with E-state index in [2.05, 4.69) is 10.6 Å². The van der Waals surface area contributed by atoms with Crippen molar-refractivity contribution in [2.24, 2.45) is 5.41 Å². The van der Waals surface area contributed by atoms with E-state index in [0.717, 1.165) is 24.6 Å². The Morgan fingerprint density at radius 2 is 1.70 bits per heavy atom. The number of rotatable bonds is 15. The number of para-hydroxylation sites is 1. The van der Waals surface area contributed by atoms with E-state index >= 15 is 0 Å². The van der Waals surface area contributed by atoms with Crippen LogP contribution in [0, 0.1) is 5.41 Å². The van der Waals surface area contributed by atoms with E-state index in [0.29, 0.717) is 45.3 Å². The number of carbonyl (C=O) groups is 5. The van der Waals surface area contributed by atoms with Gasteiger partial charge in [0.1, 0.15) is 17.2 Å². The number of unbranched alkanes of at least 4 members (excludes halogenated alkanes) is 1. The molecule has 2 atom stereocenters. The highest BCUT2D eigenvalue weighted by Gasteiger charge is 2.49. The molecule has 10 nitrogen and oxygen atoms in total. The van der Waals surface area contributed by atoms with Gasteiger partial charge in [-0.2, -0.15) is 0 Å². The number of carbonyl (C=O) groups excluding carboxylic acids is 4. The van der Waals surface area contributed by atoms with Gasteiger partial charge in [0.15, 0.2) is 6.61 Å². The van der Waals surface area contributed by atoms with E-state index in [1.807, 2.05) is 56.5 Å². The highest BCUT2D eigenvalue weighted by molar-refractivity contribution is 8.14. The number of carboxylic acid groups (broad SMARTS) is 1. The van der Waals surface area contributed by atoms with Crippen LogP contribution in [0.25, 0.3) is 0 Å². The Morgan fingerprint density at radius 3 is 2.32 bits per heavy atom. The zero-order chi connectivity index (χ0) is 34.0. The van der Waals surface area contributed by atoms with Crippen molar-refractivity contribution in [1.29, 1.82) is 0 Å². The summed E-state index contributed by atoms with van der Waals surface area (Å²) in [4.78, 5) is 68.2. The Hall–Kier alpha value is -4.29. The van der Waals surface area contributed by atoms with Crippen LogP contribution in [-0.2, 0) is 24.0 Å². The van der Waals surface area contributed by atoms with Crippen molar-refractivity contribution in [2.75, 3.05) is 24.3 Å². The van der Waals surface area contributed by atoms with E-state index < -0.39 is 35.8 Å². The van der Waals surface area contributed by atoms with Crippen LogP contribution in [0.2, 0.25) is 0 Å². The molecule has 0 fully saturated rings. The molecule has 4 rings (SSSR count). The number of hydrogen-bond donors (Lipinski definition) is 3. The second-order valence-electron chi connectivity index (χ2n) is 11.0. The molecule has 0 aromatic heterocycles. The topological polar surface area (TPSA) is 142 Å². The number of benzene rings is 3. The van der Waals surface area contributed by atoms with Gasteiger partial charge in [-0.25, -0.2) is 0 Å². The number of nitrogens with zero attached hydrogens (tertiary/aromatic N) is 1. The number of thioether (sulfide) groups is 2. The van der Waals surface area contributed by atoms with Gasteiger partial charge in [-0.05, 0) is 60.7 Å². The van der Waals surface area contributed by atoms with Gasteiger partial charge in [-0.1, -0.05) is 75.2 Å². The number of nitrogens with one attached hydrogen (secondary N) is 2. The molecule has 0 saturated carbocycles. The van der Waals surface area contributed by atoms with Crippen LogP contribution < -0.4 is 20.3 Å². The number of fused-ring (bicyclic) bond motifs is 1. The van der Waals surface area contributed by atoms with E-state index in [1.165, 1.54) is 11.8 Å². The maximum atomic E-state index is 14.4. The molecular weight excluding hydrogens is 639 g/mol. The zero-order valence-electron chi connectivity index (χ0n) is 26.6. The SMILES string of the molecule is CCCCC1(CC)C(=O)Sc2cc(OCC(=O)N[C@@H](C(=O)NCCC(=O)O)c3ccccc3)c(SC)cc2N(c2ccccc2)C1=O. The average Bonchev–Trinajstić information content (AvgIpc) is 3.16. The molecule has 0 saturated heterocycles. The number of anilines is 2. The summed E-state index contributed by atoms with van der Waals surface area (Å²) in [6.45, 7) is 3.38. The van der Waals surface area contributed by atoms with Gasteiger partial charge >= 0.3 is 5.97 Å². The van der Waals surface area contributed by atoms with Crippen molar-refractivity contribution >= 4 is 63.7 Å². The molecule has 0 radical (unpaired) electrons. The molecule has 3 aromatic carbocycles. The minimum absolute atomic E-state index is 0.0905. The molecule has 1 heterocycles. The molecule has 1 aliphatic heterocycles.